The van der Waals surface area contributed by atoms with E-state index in [1.807, 2.05) is 13.8 Å². The Morgan fingerprint density at radius 2 is 1.89 bits per heavy atom. The van der Waals surface area contributed by atoms with Crippen LogP contribution in [0.25, 0.3) is 0 Å². The molecule has 0 saturated heterocycles. The van der Waals surface area contributed by atoms with Crippen molar-refractivity contribution in [2.45, 2.75) is 19.8 Å². The zero-order valence-corrected chi connectivity index (χ0v) is 10.7. The van der Waals surface area contributed by atoms with Crippen LogP contribution in [0, 0.1) is 5.82 Å². The van der Waals surface area contributed by atoms with E-state index in [0.29, 0.717) is 23.3 Å². The molecule has 1 aromatic carbocycles. The predicted octanol–water partition coefficient (Wildman–Crippen LogP) is 2.82. The number of nitrogen functional groups attached to an aromatic ring is 1. The number of nitrogens with zero attached hydrogens (tertiary/aromatic N) is 2. The maximum Gasteiger partial charge on any atom is 0.224 e. The highest BCUT2D eigenvalue weighted by Gasteiger charge is 2.09. The average Bonchev–Trinajstić information content (AvgIpc) is 2.41. The summed E-state index contributed by atoms with van der Waals surface area (Å²) in [7, 11) is 0. The van der Waals surface area contributed by atoms with Gasteiger partial charge in [0.05, 0.1) is 0 Å². The molecule has 0 fully saturated rings. The van der Waals surface area contributed by atoms with Crippen LogP contribution >= 0.6 is 0 Å². The Hall–Kier alpha value is -2.21. The summed E-state index contributed by atoms with van der Waals surface area (Å²) in [5.41, 5.74) is 2.47. The van der Waals surface area contributed by atoms with Crippen LogP contribution in [0.5, 0.6) is 11.6 Å². The van der Waals surface area contributed by atoms with Gasteiger partial charge in [0.1, 0.15) is 23.2 Å². The molecular weight excluding hydrogens is 247 g/mol. The minimum atomic E-state index is -0.317. The molecule has 0 saturated carbocycles. The first-order valence-electron chi connectivity index (χ1n) is 5.87. The molecule has 0 aliphatic carbocycles. The van der Waals surface area contributed by atoms with Gasteiger partial charge >= 0.3 is 0 Å². The first-order chi connectivity index (χ1) is 9.08. The fourth-order valence-electron chi connectivity index (χ4n) is 1.45. The third kappa shape index (κ3) is 3.38. The van der Waals surface area contributed by atoms with E-state index in [1.54, 1.807) is 6.07 Å². The monoisotopic (exact) mass is 262 g/mol. The van der Waals surface area contributed by atoms with Crippen LogP contribution in [0.2, 0.25) is 0 Å². The first-order valence-corrected chi connectivity index (χ1v) is 5.87. The molecule has 3 N–H and O–H groups in total. The Bertz CT molecular complexity index is 557. The van der Waals surface area contributed by atoms with Crippen molar-refractivity contribution >= 4 is 5.82 Å². The summed E-state index contributed by atoms with van der Waals surface area (Å²) >= 11 is 0. The lowest BCUT2D eigenvalue weighted by molar-refractivity contribution is 0.455. The molecule has 5 nitrogen and oxygen atoms in total. The Morgan fingerprint density at radius 3 is 2.47 bits per heavy atom. The van der Waals surface area contributed by atoms with Crippen molar-refractivity contribution in [1.82, 2.24) is 9.97 Å². The van der Waals surface area contributed by atoms with Crippen molar-refractivity contribution in [3.8, 4) is 11.6 Å². The molecule has 0 aliphatic rings. The standard InChI is InChI=1S/C13H15FN4O/c1-8(2)13-16-11(18-15)7-12(17-13)19-10-5-3-9(14)4-6-10/h3-8H,15H2,1-2H3,(H,16,17,18). The number of nitrogens with two attached hydrogens (primary N) is 1. The van der Waals surface area contributed by atoms with Gasteiger partial charge in [-0.05, 0) is 24.3 Å². The van der Waals surface area contributed by atoms with Gasteiger partial charge in [0.25, 0.3) is 0 Å². The summed E-state index contributed by atoms with van der Waals surface area (Å²) in [4.78, 5) is 8.50. The SMILES string of the molecule is CC(C)c1nc(NN)cc(Oc2ccc(F)cc2)n1. The maximum atomic E-state index is 12.8. The van der Waals surface area contributed by atoms with E-state index in [2.05, 4.69) is 15.4 Å². The van der Waals surface area contributed by atoms with E-state index in [4.69, 9.17) is 10.6 Å². The normalized spacial score (nSPS) is 10.6. The maximum absolute atomic E-state index is 12.8. The zero-order chi connectivity index (χ0) is 13.8. The van der Waals surface area contributed by atoms with Crippen LogP contribution < -0.4 is 16.0 Å². The zero-order valence-electron chi connectivity index (χ0n) is 10.7. The smallest absolute Gasteiger partial charge is 0.224 e. The molecule has 0 spiro atoms. The lowest BCUT2D eigenvalue weighted by atomic mass is 10.2. The Kier molecular flexibility index (Phi) is 3.91. The number of ether oxygens (including phenoxy) is 1. The number of rotatable bonds is 4. The number of nitrogens with one attached hydrogen (secondary N) is 1. The van der Waals surface area contributed by atoms with Crippen LogP contribution in [0.1, 0.15) is 25.6 Å². The molecule has 100 valence electrons. The number of aromatic nitrogens is 2. The third-order valence-corrected chi connectivity index (χ3v) is 2.42. The van der Waals surface area contributed by atoms with Crippen molar-refractivity contribution in [3.05, 3.63) is 42.0 Å². The average molecular weight is 262 g/mol. The van der Waals surface area contributed by atoms with Gasteiger partial charge in [0.15, 0.2) is 0 Å². The Morgan fingerprint density at radius 1 is 1.21 bits per heavy atom. The van der Waals surface area contributed by atoms with Crippen LogP contribution in [-0.4, -0.2) is 9.97 Å². The van der Waals surface area contributed by atoms with Crippen LogP contribution in [-0.2, 0) is 0 Å². The van der Waals surface area contributed by atoms with Gasteiger partial charge in [0, 0.05) is 12.0 Å². The van der Waals surface area contributed by atoms with Crippen molar-refractivity contribution in [2.75, 3.05) is 5.43 Å². The summed E-state index contributed by atoms with van der Waals surface area (Å²) in [5, 5.41) is 0. The molecule has 0 atom stereocenters. The summed E-state index contributed by atoms with van der Waals surface area (Å²) in [6.07, 6.45) is 0. The van der Waals surface area contributed by atoms with E-state index in [9.17, 15) is 4.39 Å². The summed E-state index contributed by atoms with van der Waals surface area (Å²) in [6, 6.07) is 7.28. The lowest BCUT2D eigenvalue weighted by Gasteiger charge is -2.10. The predicted molar refractivity (Wildman–Crippen MR) is 70.4 cm³/mol. The second-order valence-corrected chi connectivity index (χ2v) is 4.30. The van der Waals surface area contributed by atoms with E-state index >= 15 is 0 Å². The Labute approximate surface area is 110 Å². The van der Waals surface area contributed by atoms with E-state index in [0.717, 1.165) is 0 Å². The van der Waals surface area contributed by atoms with E-state index in [-0.39, 0.29) is 11.7 Å². The minimum Gasteiger partial charge on any atom is -0.439 e. The minimum absolute atomic E-state index is 0.142. The van der Waals surface area contributed by atoms with Crippen LogP contribution in [0.4, 0.5) is 10.2 Å². The molecule has 6 heteroatoms. The lowest BCUT2D eigenvalue weighted by Crippen LogP contribution is -2.11. The number of hydrazine groups is 1. The number of halogens is 1. The van der Waals surface area contributed by atoms with E-state index in [1.165, 1.54) is 24.3 Å². The molecule has 2 aromatic rings. The fourth-order valence-corrected chi connectivity index (χ4v) is 1.45. The third-order valence-electron chi connectivity index (χ3n) is 2.42. The first kappa shape index (κ1) is 13.2. The molecule has 0 aliphatic heterocycles. The molecule has 0 unspecified atom stereocenters. The summed E-state index contributed by atoms with van der Waals surface area (Å²) in [5.74, 6) is 7.12. The highest BCUT2D eigenvalue weighted by atomic mass is 19.1. The van der Waals surface area contributed by atoms with Gasteiger partial charge in [-0.3, -0.25) is 0 Å². The van der Waals surface area contributed by atoms with E-state index < -0.39 is 0 Å². The van der Waals surface area contributed by atoms with Gasteiger partial charge in [-0.2, -0.15) is 4.98 Å². The molecule has 1 aromatic heterocycles. The van der Waals surface area contributed by atoms with Gasteiger partial charge < -0.3 is 10.2 Å². The number of hydrogen-bond acceptors (Lipinski definition) is 5. The van der Waals surface area contributed by atoms with Crippen molar-refractivity contribution in [3.63, 3.8) is 0 Å². The van der Waals surface area contributed by atoms with Gasteiger partial charge in [-0.25, -0.2) is 15.2 Å². The van der Waals surface area contributed by atoms with Crippen molar-refractivity contribution in [1.29, 1.82) is 0 Å². The number of anilines is 1. The molecular formula is C13H15FN4O. The molecule has 0 amide bonds. The van der Waals surface area contributed by atoms with Gasteiger partial charge in [-0.15, -0.1) is 0 Å². The van der Waals surface area contributed by atoms with Crippen molar-refractivity contribution in [2.24, 2.45) is 5.84 Å². The number of hydrogen-bond donors (Lipinski definition) is 2. The quantitative estimate of drug-likeness (QED) is 0.654. The molecule has 1 heterocycles. The fraction of sp³-hybridized carbons (Fsp3) is 0.231. The van der Waals surface area contributed by atoms with Crippen LogP contribution in [0.15, 0.2) is 30.3 Å². The summed E-state index contributed by atoms with van der Waals surface area (Å²) < 4.78 is 18.4. The highest BCUT2D eigenvalue weighted by molar-refractivity contribution is 5.39. The second kappa shape index (κ2) is 5.62. The molecule has 0 bridgehead atoms. The van der Waals surface area contributed by atoms with Gasteiger partial charge in [0.2, 0.25) is 5.88 Å². The second-order valence-electron chi connectivity index (χ2n) is 4.30. The summed E-state index contributed by atoms with van der Waals surface area (Å²) in [6.45, 7) is 3.94. The largest absolute Gasteiger partial charge is 0.439 e. The molecule has 2 rings (SSSR count). The van der Waals surface area contributed by atoms with Gasteiger partial charge in [-0.1, -0.05) is 13.8 Å². The molecule has 0 radical (unpaired) electrons. The topological polar surface area (TPSA) is 73.1 Å². The number of benzene rings is 1. The Balaban J connectivity index is 2.28. The highest BCUT2D eigenvalue weighted by Crippen LogP contribution is 2.23. The molecule has 19 heavy (non-hydrogen) atoms. The van der Waals surface area contributed by atoms with Crippen molar-refractivity contribution < 1.29 is 9.13 Å². The van der Waals surface area contributed by atoms with Crippen LogP contribution in [0.3, 0.4) is 0 Å².